The minimum atomic E-state index is 0.360. The van der Waals surface area contributed by atoms with Crippen LogP contribution in [0, 0.1) is 0 Å². The fourth-order valence-electron chi connectivity index (χ4n) is 1.47. The second-order valence-corrected chi connectivity index (χ2v) is 4.80. The molecule has 0 unspecified atom stereocenters. The average molecular weight is 303 g/mol. The molecular weight excluding hydrogens is 293 g/mol. The molecule has 0 aliphatic rings. The maximum absolute atomic E-state index is 5.96. The van der Waals surface area contributed by atoms with Crippen molar-refractivity contribution >= 4 is 46.2 Å². The summed E-state index contributed by atoms with van der Waals surface area (Å²) >= 11 is 17.8. The number of anilines is 2. The SMILES string of the molecule is COc1ccc(Nc2cc(Cl)c(Cl)c(Cl)c2)cc1. The molecule has 0 heterocycles. The maximum Gasteiger partial charge on any atom is 0.119 e. The van der Waals surface area contributed by atoms with Crippen LogP contribution in [0.2, 0.25) is 15.1 Å². The van der Waals surface area contributed by atoms with Gasteiger partial charge in [0.2, 0.25) is 0 Å². The Kier molecular flexibility index (Phi) is 4.23. The van der Waals surface area contributed by atoms with Crippen LogP contribution in [-0.4, -0.2) is 7.11 Å². The monoisotopic (exact) mass is 301 g/mol. The van der Waals surface area contributed by atoms with E-state index in [1.54, 1.807) is 19.2 Å². The molecule has 0 saturated heterocycles. The topological polar surface area (TPSA) is 21.3 Å². The number of methoxy groups -OCH3 is 1. The second-order valence-electron chi connectivity index (χ2n) is 3.61. The number of halogens is 3. The van der Waals surface area contributed by atoms with Gasteiger partial charge in [-0.1, -0.05) is 34.8 Å². The van der Waals surface area contributed by atoms with Crippen molar-refractivity contribution in [2.45, 2.75) is 0 Å². The Labute approximate surface area is 120 Å². The largest absolute Gasteiger partial charge is 0.497 e. The van der Waals surface area contributed by atoms with Crippen LogP contribution in [0.15, 0.2) is 36.4 Å². The molecular formula is C13H10Cl3NO. The smallest absolute Gasteiger partial charge is 0.119 e. The van der Waals surface area contributed by atoms with Crippen molar-refractivity contribution < 1.29 is 4.74 Å². The Morgan fingerprint density at radius 1 is 0.889 bits per heavy atom. The number of nitrogens with one attached hydrogen (secondary N) is 1. The molecule has 0 saturated carbocycles. The highest BCUT2D eigenvalue weighted by Crippen LogP contribution is 2.34. The third-order valence-corrected chi connectivity index (χ3v) is 3.56. The molecule has 2 nitrogen and oxygen atoms in total. The molecule has 94 valence electrons. The molecule has 0 atom stereocenters. The summed E-state index contributed by atoms with van der Waals surface area (Å²) in [6, 6.07) is 11.0. The van der Waals surface area contributed by atoms with Gasteiger partial charge in [0.15, 0.2) is 0 Å². The van der Waals surface area contributed by atoms with E-state index in [1.165, 1.54) is 0 Å². The van der Waals surface area contributed by atoms with Gasteiger partial charge in [-0.15, -0.1) is 0 Å². The summed E-state index contributed by atoms with van der Waals surface area (Å²) in [5.41, 5.74) is 1.69. The molecule has 0 amide bonds. The summed E-state index contributed by atoms with van der Waals surface area (Å²) in [6.07, 6.45) is 0. The predicted octanol–water partition coefficient (Wildman–Crippen LogP) is 5.40. The van der Waals surface area contributed by atoms with E-state index in [2.05, 4.69) is 5.32 Å². The van der Waals surface area contributed by atoms with E-state index < -0.39 is 0 Å². The lowest BCUT2D eigenvalue weighted by Gasteiger charge is -2.09. The van der Waals surface area contributed by atoms with Crippen LogP contribution in [0.4, 0.5) is 11.4 Å². The number of ether oxygens (including phenoxy) is 1. The van der Waals surface area contributed by atoms with Crippen LogP contribution in [-0.2, 0) is 0 Å². The van der Waals surface area contributed by atoms with E-state index >= 15 is 0 Å². The third kappa shape index (κ3) is 3.02. The van der Waals surface area contributed by atoms with Crippen LogP contribution in [0.5, 0.6) is 5.75 Å². The first-order valence-electron chi connectivity index (χ1n) is 5.16. The van der Waals surface area contributed by atoms with Crippen LogP contribution in [0.25, 0.3) is 0 Å². The van der Waals surface area contributed by atoms with Crippen molar-refractivity contribution in [3.05, 3.63) is 51.5 Å². The normalized spacial score (nSPS) is 10.2. The summed E-state index contributed by atoms with van der Waals surface area (Å²) in [6.45, 7) is 0. The lowest BCUT2D eigenvalue weighted by atomic mass is 10.2. The fourth-order valence-corrected chi connectivity index (χ4v) is 2.06. The summed E-state index contributed by atoms with van der Waals surface area (Å²) in [4.78, 5) is 0. The molecule has 0 radical (unpaired) electrons. The molecule has 0 fully saturated rings. The molecule has 2 rings (SSSR count). The van der Waals surface area contributed by atoms with Crippen LogP contribution in [0.1, 0.15) is 0 Å². The van der Waals surface area contributed by atoms with Crippen LogP contribution in [0.3, 0.4) is 0 Å². The molecule has 0 bridgehead atoms. The van der Waals surface area contributed by atoms with Gasteiger partial charge in [0, 0.05) is 11.4 Å². The first-order chi connectivity index (χ1) is 8.60. The Morgan fingerprint density at radius 2 is 1.44 bits per heavy atom. The van der Waals surface area contributed by atoms with Crippen molar-refractivity contribution in [1.82, 2.24) is 0 Å². The van der Waals surface area contributed by atoms with Crippen molar-refractivity contribution in [3.63, 3.8) is 0 Å². The van der Waals surface area contributed by atoms with E-state index in [0.717, 1.165) is 17.1 Å². The van der Waals surface area contributed by atoms with E-state index in [0.29, 0.717) is 15.1 Å². The highest BCUT2D eigenvalue weighted by Gasteiger charge is 2.06. The highest BCUT2D eigenvalue weighted by molar-refractivity contribution is 6.48. The first-order valence-corrected chi connectivity index (χ1v) is 6.29. The first kappa shape index (κ1) is 13.3. The number of benzene rings is 2. The van der Waals surface area contributed by atoms with Gasteiger partial charge in [0.1, 0.15) is 5.75 Å². The summed E-state index contributed by atoms with van der Waals surface area (Å²) in [5.74, 6) is 0.799. The molecule has 2 aromatic carbocycles. The summed E-state index contributed by atoms with van der Waals surface area (Å²) < 4.78 is 5.09. The molecule has 0 aliphatic carbocycles. The van der Waals surface area contributed by atoms with Crippen LogP contribution >= 0.6 is 34.8 Å². The van der Waals surface area contributed by atoms with Crippen molar-refractivity contribution in [2.24, 2.45) is 0 Å². The molecule has 1 N–H and O–H groups in total. The van der Waals surface area contributed by atoms with Gasteiger partial charge in [-0.25, -0.2) is 0 Å². The zero-order chi connectivity index (χ0) is 13.1. The van der Waals surface area contributed by atoms with Gasteiger partial charge < -0.3 is 10.1 Å². The molecule has 0 spiro atoms. The van der Waals surface area contributed by atoms with E-state index in [-0.39, 0.29) is 0 Å². The number of rotatable bonds is 3. The van der Waals surface area contributed by atoms with Crippen molar-refractivity contribution in [3.8, 4) is 5.75 Å². The zero-order valence-electron chi connectivity index (χ0n) is 9.51. The summed E-state index contributed by atoms with van der Waals surface area (Å²) in [5, 5.41) is 4.37. The molecule has 0 aromatic heterocycles. The minimum Gasteiger partial charge on any atom is -0.497 e. The zero-order valence-corrected chi connectivity index (χ0v) is 11.8. The fraction of sp³-hybridized carbons (Fsp3) is 0.0769. The summed E-state index contributed by atoms with van der Waals surface area (Å²) in [7, 11) is 1.63. The highest BCUT2D eigenvalue weighted by atomic mass is 35.5. The number of hydrogen-bond acceptors (Lipinski definition) is 2. The van der Waals surface area contributed by atoms with E-state index in [1.807, 2.05) is 24.3 Å². The average Bonchev–Trinajstić information content (AvgIpc) is 2.37. The lowest BCUT2D eigenvalue weighted by Crippen LogP contribution is -1.91. The maximum atomic E-state index is 5.96. The van der Waals surface area contributed by atoms with Gasteiger partial charge in [-0.05, 0) is 36.4 Å². The molecule has 18 heavy (non-hydrogen) atoms. The van der Waals surface area contributed by atoms with Crippen molar-refractivity contribution in [2.75, 3.05) is 12.4 Å². The van der Waals surface area contributed by atoms with Crippen LogP contribution < -0.4 is 10.1 Å². The predicted molar refractivity (Wildman–Crippen MR) is 77.7 cm³/mol. The van der Waals surface area contributed by atoms with Gasteiger partial charge >= 0.3 is 0 Å². The van der Waals surface area contributed by atoms with E-state index in [4.69, 9.17) is 39.5 Å². The third-order valence-electron chi connectivity index (χ3n) is 2.36. The van der Waals surface area contributed by atoms with E-state index in [9.17, 15) is 0 Å². The Bertz CT molecular complexity index is 532. The van der Waals surface area contributed by atoms with Crippen molar-refractivity contribution in [1.29, 1.82) is 0 Å². The van der Waals surface area contributed by atoms with Gasteiger partial charge in [0.05, 0.1) is 22.2 Å². The van der Waals surface area contributed by atoms with Gasteiger partial charge in [-0.3, -0.25) is 0 Å². The minimum absolute atomic E-state index is 0.360. The standard InChI is InChI=1S/C13H10Cl3NO/c1-18-10-4-2-8(3-5-10)17-9-6-11(14)13(16)12(15)7-9/h2-7,17H,1H3. The molecule has 2 aromatic rings. The Hall–Kier alpha value is -1.09. The molecule has 0 aliphatic heterocycles. The Balaban J connectivity index is 2.23. The lowest BCUT2D eigenvalue weighted by molar-refractivity contribution is 0.415. The molecule has 5 heteroatoms. The second kappa shape index (κ2) is 5.70. The number of hydrogen-bond donors (Lipinski definition) is 1. The van der Waals surface area contributed by atoms with Gasteiger partial charge in [0.25, 0.3) is 0 Å². The van der Waals surface area contributed by atoms with Gasteiger partial charge in [-0.2, -0.15) is 0 Å². The Morgan fingerprint density at radius 3 is 1.94 bits per heavy atom. The quantitative estimate of drug-likeness (QED) is 0.767.